The van der Waals surface area contributed by atoms with Gasteiger partial charge in [-0.25, -0.2) is 0 Å². The number of carbonyl (C=O) groups excluding carboxylic acids is 1. The Morgan fingerprint density at radius 3 is 2.19 bits per heavy atom. The molecule has 0 aromatic carbocycles. The first-order valence-electron chi connectivity index (χ1n) is 5.33. The van der Waals surface area contributed by atoms with Gasteiger partial charge in [0, 0.05) is 11.1 Å². The lowest BCUT2D eigenvalue weighted by Crippen LogP contribution is -2.42. The number of ether oxygens (including phenoxy) is 1. The van der Waals surface area contributed by atoms with Crippen LogP contribution in [0.15, 0.2) is 23.5 Å². The fourth-order valence-corrected chi connectivity index (χ4v) is 3.55. The van der Waals surface area contributed by atoms with Crippen molar-refractivity contribution >= 4 is 14.1 Å². The predicted molar refractivity (Wildman–Crippen MR) is 66.7 cm³/mol. The summed E-state index contributed by atoms with van der Waals surface area (Å²) in [5, 5.41) is 0. The van der Waals surface area contributed by atoms with Crippen molar-refractivity contribution in [1.82, 2.24) is 0 Å². The summed E-state index contributed by atoms with van der Waals surface area (Å²) in [4.78, 5) is 11.9. The van der Waals surface area contributed by atoms with Gasteiger partial charge in [0.2, 0.25) is 0 Å². The number of methoxy groups -OCH3 is 1. The number of ketones is 1. The molecule has 0 aromatic heterocycles. The summed E-state index contributed by atoms with van der Waals surface area (Å²) < 4.78 is 11.4. The Bertz CT molecular complexity index is 376. The maximum Gasteiger partial charge on any atom is 0.190 e. The van der Waals surface area contributed by atoms with E-state index in [0.717, 1.165) is 0 Å². The number of allylic oxidation sites excluding steroid dienone is 1. The molecule has 0 fully saturated rings. The van der Waals surface area contributed by atoms with E-state index in [2.05, 4.69) is 26.2 Å². The molecule has 0 N–H and O–H groups in total. The average molecular weight is 240 g/mol. The quantitative estimate of drug-likeness (QED) is 0.562. The lowest BCUT2D eigenvalue weighted by molar-refractivity contribution is -0.112. The van der Waals surface area contributed by atoms with Gasteiger partial charge in [0.15, 0.2) is 14.1 Å². The van der Waals surface area contributed by atoms with Crippen molar-refractivity contribution in [2.75, 3.05) is 7.11 Å². The molecule has 0 aliphatic heterocycles. The van der Waals surface area contributed by atoms with Crippen LogP contribution in [-0.4, -0.2) is 26.8 Å². The van der Waals surface area contributed by atoms with Gasteiger partial charge >= 0.3 is 0 Å². The van der Waals surface area contributed by atoms with Crippen molar-refractivity contribution in [2.24, 2.45) is 0 Å². The van der Waals surface area contributed by atoms with E-state index in [4.69, 9.17) is 9.16 Å². The van der Waals surface area contributed by atoms with Crippen LogP contribution < -0.4 is 0 Å². The van der Waals surface area contributed by atoms with E-state index >= 15 is 0 Å². The first-order valence-corrected chi connectivity index (χ1v) is 8.74. The molecular formula is C12H20O3Si. The summed E-state index contributed by atoms with van der Waals surface area (Å²) >= 11 is 0. The Morgan fingerprint density at radius 1 is 1.31 bits per heavy atom. The molecule has 90 valence electrons. The molecule has 0 saturated carbocycles. The molecule has 0 aromatic rings. The molecule has 0 bridgehead atoms. The van der Waals surface area contributed by atoms with Crippen molar-refractivity contribution < 1.29 is 14.0 Å². The first-order chi connectivity index (χ1) is 7.13. The highest BCUT2D eigenvalue weighted by Gasteiger charge is 2.48. The molecule has 1 aliphatic carbocycles. The van der Waals surface area contributed by atoms with Crippen LogP contribution >= 0.6 is 0 Å². The van der Waals surface area contributed by atoms with Gasteiger partial charge in [-0.15, -0.1) is 0 Å². The largest absolute Gasteiger partial charge is 0.497 e. The zero-order valence-corrected chi connectivity index (χ0v) is 11.9. The summed E-state index contributed by atoms with van der Waals surface area (Å²) in [6, 6.07) is 0. The summed E-state index contributed by atoms with van der Waals surface area (Å²) in [5.74, 6) is 0.544. The average Bonchev–Trinajstić information content (AvgIpc) is 2.26. The number of rotatable bonds is 3. The zero-order valence-electron chi connectivity index (χ0n) is 10.9. The lowest BCUT2D eigenvalue weighted by atomic mass is 10.00. The number of Topliss-reactive ketones (excluding diaryl/α,β-unsaturated/α-hetero) is 1. The van der Waals surface area contributed by atoms with E-state index in [1.54, 1.807) is 14.0 Å². The van der Waals surface area contributed by atoms with Crippen LogP contribution in [0.1, 0.15) is 13.8 Å². The zero-order chi connectivity index (χ0) is 12.7. The molecule has 1 aliphatic rings. The minimum Gasteiger partial charge on any atom is -0.497 e. The Kier molecular flexibility index (Phi) is 3.18. The third kappa shape index (κ3) is 1.99. The molecule has 0 radical (unpaired) electrons. The standard InChI is InChI=1S/C12H20O3Si/c1-8-10(13)9(2)12(3,11(8)14-4)15-16(5,6)7/h2H2,1,3-7H3. The van der Waals surface area contributed by atoms with Crippen LogP contribution in [0.4, 0.5) is 0 Å². The van der Waals surface area contributed by atoms with E-state index in [9.17, 15) is 4.79 Å². The van der Waals surface area contributed by atoms with Gasteiger partial charge in [-0.2, -0.15) is 0 Å². The Hall–Kier alpha value is -0.873. The fraction of sp³-hybridized carbons (Fsp3) is 0.583. The minimum atomic E-state index is -1.78. The second-order valence-electron chi connectivity index (χ2n) is 5.21. The van der Waals surface area contributed by atoms with Gasteiger partial charge in [0.25, 0.3) is 0 Å². The van der Waals surface area contributed by atoms with Crippen molar-refractivity contribution in [2.45, 2.75) is 39.1 Å². The number of hydrogen-bond donors (Lipinski definition) is 0. The van der Waals surface area contributed by atoms with Gasteiger partial charge in [-0.05, 0) is 33.5 Å². The maximum absolute atomic E-state index is 11.9. The second kappa shape index (κ2) is 3.86. The summed E-state index contributed by atoms with van der Waals surface area (Å²) in [7, 11) is -0.215. The van der Waals surface area contributed by atoms with Crippen molar-refractivity contribution in [3.05, 3.63) is 23.5 Å². The highest BCUT2D eigenvalue weighted by molar-refractivity contribution is 6.70. The molecule has 16 heavy (non-hydrogen) atoms. The third-order valence-electron chi connectivity index (χ3n) is 2.68. The predicted octanol–water partition coefficient (Wildman–Crippen LogP) is 2.66. The van der Waals surface area contributed by atoms with Crippen LogP contribution in [0, 0.1) is 0 Å². The molecule has 1 unspecified atom stereocenters. The molecule has 3 nitrogen and oxygen atoms in total. The smallest absolute Gasteiger partial charge is 0.190 e. The van der Waals surface area contributed by atoms with E-state index < -0.39 is 13.9 Å². The third-order valence-corrected chi connectivity index (χ3v) is 3.70. The lowest BCUT2D eigenvalue weighted by Gasteiger charge is -2.34. The topological polar surface area (TPSA) is 35.5 Å². The first kappa shape index (κ1) is 13.2. The molecule has 0 heterocycles. The maximum atomic E-state index is 11.9. The molecule has 4 heteroatoms. The summed E-state index contributed by atoms with van der Waals surface area (Å²) in [5.41, 5.74) is 0.304. The van der Waals surface area contributed by atoms with Gasteiger partial charge in [-0.1, -0.05) is 6.58 Å². The van der Waals surface area contributed by atoms with Crippen molar-refractivity contribution in [3.63, 3.8) is 0 Å². The van der Waals surface area contributed by atoms with E-state index in [1.807, 2.05) is 6.92 Å². The minimum absolute atomic E-state index is 0.0578. The highest BCUT2D eigenvalue weighted by Crippen LogP contribution is 2.41. The van der Waals surface area contributed by atoms with Gasteiger partial charge in [0.05, 0.1) is 7.11 Å². The van der Waals surface area contributed by atoms with Crippen LogP contribution in [0.3, 0.4) is 0 Å². The normalized spacial score (nSPS) is 26.6. The Morgan fingerprint density at radius 2 is 1.81 bits per heavy atom. The van der Waals surface area contributed by atoms with E-state index in [0.29, 0.717) is 16.9 Å². The molecule has 0 amide bonds. The van der Waals surface area contributed by atoms with Gasteiger partial charge in [0.1, 0.15) is 11.4 Å². The van der Waals surface area contributed by atoms with Crippen LogP contribution in [-0.2, 0) is 14.0 Å². The summed E-state index contributed by atoms with van der Waals surface area (Å²) in [6.45, 7) is 13.7. The van der Waals surface area contributed by atoms with Crippen LogP contribution in [0.2, 0.25) is 19.6 Å². The van der Waals surface area contributed by atoms with Crippen molar-refractivity contribution in [1.29, 1.82) is 0 Å². The van der Waals surface area contributed by atoms with Gasteiger partial charge in [-0.3, -0.25) is 4.79 Å². The van der Waals surface area contributed by atoms with E-state index in [1.165, 1.54) is 0 Å². The van der Waals surface area contributed by atoms with Gasteiger partial charge < -0.3 is 9.16 Å². The van der Waals surface area contributed by atoms with Crippen molar-refractivity contribution in [3.8, 4) is 0 Å². The van der Waals surface area contributed by atoms with Crippen LogP contribution in [0.25, 0.3) is 0 Å². The molecular weight excluding hydrogens is 220 g/mol. The highest BCUT2D eigenvalue weighted by atomic mass is 28.4. The summed E-state index contributed by atoms with van der Waals surface area (Å²) in [6.07, 6.45) is 0. The fourth-order valence-electron chi connectivity index (χ4n) is 2.11. The number of hydrogen-bond acceptors (Lipinski definition) is 3. The molecule has 1 rings (SSSR count). The molecule has 0 spiro atoms. The van der Waals surface area contributed by atoms with Crippen LogP contribution in [0.5, 0.6) is 0 Å². The molecule has 1 atom stereocenters. The Labute approximate surface area is 98.3 Å². The SMILES string of the molecule is C=C1C(=O)C(C)=C(OC)C1(C)O[Si](C)(C)C. The monoisotopic (exact) mass is 240 g/mol. The number of carbonyl (C=O) groups is 1. The van der Waals surface area contributed by atoms with E-state index in [-0.39, 0.29) is 5.78 Å². The second-order valence-corrected chi connectivity index (χ2v) is 9.64. The Balaban J connectivity index is 3.21. The molecule has 0 saturated heterocycles.